The monoisotopic (exact) mass is 438 g/mol. The average molecular weight is 439 g/mol. The molecule has 0 aromatic heterocycles. The summed E-state index contributed by atoms with van der Waals surface area (Å²) < 4.78 is 18.7. The summed E-state index contributed by atoms with van der Waals surface area (Å²) >= 11 is 0. The third-order valence-electron chi connectivity index (χ3n) is 5.01. The zero-order chi connectivity index (χ0) is 22.7. The molecule has 0 aliphatic rings. The third kappa shape index (κ3) is 6.14. The Bertz CT molecular complexity index is 1160. The minimum Gasteiger partial charge on any atom is -0.485 e. The van der Waals surface area contributed by atoms with Gasteiger partial charge in [-0.05, 0) is 28.8 Å². The second-order valence-corrected chi connectivity index (χ2v) is 7.41. The predicted octanol–water partition coefficient (Wildman–Crippen LogP) is 5.72. The Balaban J connectivity index is 1.65. The Labute approximate surface area is 194 Å². The van der Waals surface area contributed by atoms with Crippen molar-refractivity contribution < 1.29 is 14.2 Å². The van der Waals surface area contributed by atoms with Crippen LogP contribution in [0.15, 0.2) is 108 Å². The highest BCUT2D eigenvalue weighted by Crippen LogP contribution is 2.41. The average Bonchev–Trinajstić information content (AvgIpc) is 2.88. The molecule has 0 heterocycles. The van der Waals surface area contributed by atoms with Crippen molar-refractivity contribution in [2.75, 3.05) is 0 Å². The van der Waals surface area contributed by atoms with Crippen molar-refractivity contribution >= 4 is 6.21 Å². The van der Waals surface area contributed by atoms with Crippen molar-refractivity contribution in [1.82, 2.24) is 0 Å². The topological polar surface area (TPSA) is 66.1 Å². The van der Waals surface area contributed by atoms with Crippen molar-refractivity contribution in [3.8, 4) is 17.2 Å². The number of hydrogen-bond donors (Lipinski definition) is 1. The lowest BCUT2D eigenvalue weighted by Gasteiger charge is -2.19. The highest BCUT2D eigenvalue weighted by atomic mass is 16.5. The van der Waals surface area contributed by atoms with Crippen molar-refractivity contribution in [1.29, 1.82) is 0 Å². The second kappa shape index (κ2) is 11.4. The summed E-state index contributed by atoms with van der Waals surface area (Å²) in [5.74, 6) is 7.11. The van der Waals surface area contributed by atoms with Crippen molar-refractivity contribution in [3.63, 3.8) is 0 Å². The summed E-state index contributed by atoms with van der Waals surface area (Å²) in [7, 11) is 0. The Kier molecular flexibility index (Phi) is 7.58. The van der Waals surface area contributed by atoms with E-state index in [0.29, 0.717) is 42.6 Å². The third-order valence-corrected chi connectivity index (χ3v) is 5.01. The van der Waals surface area contributed by atoms with E-state index in [-0.39, 0.29) is 0 Å². The zero-order valence-corrected chi connectivity index (χ0v) is 18.3. The van der Waals surface area contributed by atoms with Gasteiger partial charge in [0.25, 0.3) is 0 Å². The van der Waals surface area contributed by atoms with Gasteiger partial charge in [-0.3, -0.25) is 0 Å². The number of ether oxygens (including phenoxy) is 3. The molecule has 5 heteroatoms. The maximum atomic E-state index is 6.27. The smallest absolute Gasteiger partial charge is 0.204 e. The summed E-state index contributed by atoms with van der Waals surface area (Å²) in [5, 5.41) is 3.70. The Hall–Kier alpha value is -4.25. The van der Waals surface area contributed by atoms with Crippen LogP contribution in [-0.2, 0) is 19.8 Å². The molecule has 4 rings (SSSR count). The SMILES string of the molecule is NN=Cc1ccc(OCc2ccccc2)c(OCc2ccccc2)c1OCc1ccccc1. The largest absolute Gasteiger partial charge is 0.485 e. The molecule has 0 saturated heterocycles. The van der Waals surface area contributed by atoms with Crippen LogP contribution >= 0.6 is 0 Å². The van der Waals surface area contributed by atoms with E-state index >= 15 is 0 Å². The second-order valence-electron chi connectivity index (χ2n) is 7.41. The van der Waals surface area contributed by atoms with Crippen LogP contribution in [0.3, 0.4) is 0 Å². The first-order chi connectivity index (χ1) is 16.3. The fraction of sp³-hybridized carbons (Fsp3) is 0.107. The molecule has 0 aliphatic carbocycles. The molecule has 0 unspecified atom stereocenters. The van der Waals surface area contributed by atoms with Crippen LogP contribution in [-0.4, -0.2) is 6.21 Å². The summed E-state index contributed by atoms with van der Waals surface area (Å²) in [5.41, 5.74) is 3.85. The van der Waals surface area contributed by atoms with Gasteiger partial charge in [-0.2, -0.15) is 5.10 Å². The molecule has 4 aromatic carbocycles. The Morgan fingerprint density at radius 2 is 1.00 bits per heavy atom. The first kappa shape index (κ1) is 22.0. The van der Waals surface area contributed by atoms with Crippen LogP contribution in [0.4, 0.5) is 0 Å². The maximum absolute atomic E-state index is 6.27. The van der Waals surface area contributed by atoms with Gasteiger partial charge in [-0.15, -0.1) is 0 Å². The lowest BCUT2D eigenvalue weighted by molar-refractivity contribution is 0.230. The van der Waals surface area contributed by atoms with Crippen LogP contribution < -0.4 is 20.1 Å². The minimum absolute atomic E-state index is 0.369. The molecular formula is C28H26N2O3. The summed E-state index contributed by atoms with van der Waals surface area (Å²) in [6.07, 6.45) is 1.55. The van der Waals surface area contributed by atoms with Crippen LogP contribution in [0.25, 0.3) is 0 Å². The molecule has 5 nitrogen and oxygen atoms in total. The molecule has 0 bridgehead atoms. The van der Waals surface area contributed by atoms with Crippen molar-refractivity contribution in [2.24, 2.45) is 10.9 Å². The number of hydrazone groups is 1. The van der Waals surface area contributed by atoms with E-state index in [1.54, 1.807) is 6.21 Å². The van der Waals surface area contributed by atoms with Gasteiger partial charge in [0.2, 0.25) is 5.75 Å². The molecular weight excluding hydrogens is 412 g/mol. The van der Waals surface area contributed by atoms with E-state index in [9.17, 15) is 0 Å². The normalized spacial score (nSPS) is 10.8. The molecule has 0 fully saturated rings. The van der Waals surface area contributed by atoms with E-state index in [1.807, 2.05) is 103 Å². The molecule has 0 aliphatic heterocycles. The molecule has 0 amide bonds. The van der Waals surface area contributed by atoms with E-state index in [4.69, 9.17) is 20.1 Å². The Morgan fingerprint density at radius 1 is 0.545 bits per heavy atom. The van der Waals surface area contributed by atoms with Gasteiger partial charge in [-0.1, -0.05) is 91.0 Å². The number of hydrogen-bond acceptors (Lipinski definition) is 5. The van der Waals surface area contributed by atoms with Crippen LogP contribution in [0, 0.1) is 0 Å². The van der Waals surface area contributed by atoms with Crippen molar-refractivity contribution in [3.05, 3.63) is 125 Å². The highest BCUT2D eigenvalue weighted by Gasteiger charge is 2.18. The lowest BCUT2D eigenvalue weighted by atomic mass is 10.1. The number of rotatable bonds is 10. The minimum atomic E-state index is 0.369. The van der Waals surface area contributed by atoms with Gasteiger partial charge in [0.1, 0.15) is 19.8 Å². The van der Waals surface area contributed by atoms with E-state index in [0.717, 1.165) is 16.7 Å². The highest BCUT2D eigenvalue weighted by molar-refractivity contribution is 5.86. The van der Waals surface area contributed by atoms with Gasteiger partial charge in [0.15, 0.2) is 11.5 Å². The van der Waals surface area contributed by atoms with Gasteiger partial charge >= 0.3 is 0 Å². The van der Waals surface area contributed by atoms with Gasteiger partial charge < -0.3 is 20.1 Å². The van der Waals surface area contributed by atoms with E-state index < -0.39 is 0 Å². The van der Waals surface area contributed by atoms with Crippen molar-refractivity contribution in [2.45, 2.75) is 19.8 Å². The van der Waals surface area contributed by atoms with E-state index in [2.05, 4.69) is 5.10 Å². The lowest BCUT2D eigenvalue weighted by Crippen LogP contribution is -2.06. The molecule has 2 N–H and O–H groups in total. The molecule has 33 heavy (non-hydrogen) atoms. The predicted molar refractivity (Wildman–Crippen MR) is 131 cm³/mol. The van der Waals surface area contributed by atoms with Crippen LogP contribution in [0.5, 0.6) is 17.2 Å². The zero-order valence-electron chi connectivity index (χ0n) is 18.3. The quantitative estimate of drug-likeness (QED) is 0.195. The summed E-state index contributed by atoms with van der Waals surface area (Å²) in [4.78, 5) is 0. The maximum Gasteiger partial charge on any atom is 0.204 e. The fourth-order valence-electron chi connectivity index (χ4n) is 3.34. The molecule has 0 saturated carbocycles. The van der Waals surface area contributed by atoms with Gasteiger partial charge in [0.05, 0.1) is 6.21 Å². The number of benzene rings is 4. The standard InChI is InChI=1S/C28H26N2O3/c29-30-18-25-16-17-26(31-19-22-10-4-1-5-11-22)28(33-21-24-14-8-3-9-15-24)27(25)32-20-23-12-6-2-7-13-23/h1-18H,19-21,29H2. The number of nitrogens with two attached hydrogens (primary N) is 1. The van der Waals surface area contributed by atoms with E-state index in [1.165, 1.54) is 0 Å². The molecule has 0 atom stereocenters. The molecule has 4 aromatic rings. The van der Waals surface area contributed by atoms with Crippen LogP contribution in [0.1, 0.15) is 22.3 Å². The van der Waals surface area contributed by atoms with Crippen LogP contribution in [0.2, 0.25) is 0 Å². The number of nitrogens with zero attached hydrogens (tertiary/aromatic N) is 1. The summed E-state index contributed by atoms with van der Waals surface area (Å²) in [6, 6.07) is 33.6. The van der Waals surface area contributed by atoms with Gasteiger partial charge in [0, 0.05) is 5.56 Å². The molecule has 166 valence electrons. The molecule has 0 spiro atoms. The first-order valence-electron chi connectivity index (χ1n) is 10.7. The first-order valence-corrected chi connectivity index (χ1v) is 10.7. The summed E-state index contributed by atoms with van der Waals surface area (Å²) in [6.45, 7) is 1.15. The fourth-order valence-corrected chi connectivity index (χ4v) is 3.34. The molecule has 0 radical (unpaired) electrons. The Morgan fingerprint density at radius 3 is 1.48 bits per heavy atom. The van der Waals surface area contributed by atoms with Gasteiger partial charge in [-0.25, -0.2) is 0 Å².